The zero-order chi connectivity index (χ0) is 29.5. The lowest BCUT2D eigenvalue weighted by Gasteiger charge is -1.97. The van der Waals surface area contributed by atoms with Crippen LogP contribution in [0.4, 0.5) is 11.4 Å². The highest BCUT2D eigenvalue weighted by Gasteiger charge is 1.98. The monoisotopic (exact) mass is 533 g/mol. The fraction of sp³-hybridized carbons (Fsp3) is 0.167. The van der Waals surface area contributed by atoms with Gasteiger partial charge in [0.2, 0.25) is 0 Å². The van der Waals surface area contributed by atoms with Crippen LogP contribution in [0.15, 0.2) is 103 Å². The van der Waals surface area contributed by atoms with E-state index in [2.05, 4.69) is 5.73 Å². The Bertz CT molecular complexity index is 1110. The number of aromatic carboxylic acids is 1. The van der Waals surface area contributed by atoms with Crippen LogP contribution < -0.4 is 40.1 Å². The second-order valence-corrected chi connectivity index (χ2v) is 7.79. The summed E-state index contributed by atoms with van der Waals surface area (Å²) in [4.78, 5) is 10.3. The smallest absolute Gasteiger partial charge is 0.335 e. The van der Waals surface area contributed by atoms with E-state index in [1.165, 1.54) is 24.7 Å². The van der Waals surface area contributed by atoms with Gasteiger partial charge in [-0.1, -0.05) is 66.7 Å². The van der Waals surface area contributed by atoms with Gasteiger partial charge in [-0.2, -0.15) is 0 Å². The van der Waals surface area contributed by atoms with Crippen LogP contribution in [-0.2, 0) is 26.2 Å². The number of hydrogen-bond acceptors (Lipinski definition) is 8. The predicted octanol–water partition coefficient (Wildman–Crippen LogP) is 3.02. The van der Waals surface area contributed by atoms with Crippen molar-refractivity contribution in [1.82, 2.24) is 0 Å². The summed E-state index contributed by atoms with van der Waals surface area (Å²) in [6.45, 7) is 2.43. The summed E-state index contributed by atoms with van der Waals surface area (Å²) >= 11 is 0. The average molecular weight is 534 g/mol. The van der Waals surface area contributed by atoms with Gasteiger partial charge in [-0.05, 0) is 65.7 Å². The maximum absolute atomic E-state index is 10.3. The molecule has 39 heavy (non-hydrogen) atoms. The van der Waals surface area contributed by atoms with Crippen molar-refractivity contribution in [3.63, 3.8) is 0 Å². The number of anilines is 2. The normalized spacial score (nSPS) is 9.08. The van der Waals surface area contributed by atoms with Crippen LogP contribution in [0.25, 0.3) is 0 Å². The average Bonchev–Trinajstić information content (AvgIpc) is 3.00. The Labute approximate surface area is 231 Å². The van der Waals surface area contributed by atoms with Gasteiger partial charge in [0.25, 0.3) is 0 Å². The van der Waals surface area contributed by atoms with Gasteiger partial charge in [0.1, 0.15) is 0 Å². The molecule has 9 heteroatoms. The summed E-state index contributed by atoms with van der Waals surface area (Å²) in [5.41, 5.74) is 43.0. The summed E-state index contributed by atoms with van der Waals surface area (Å²) in [5, 5.41) is 8.43. The van der Waals surface area contributed by atoms with Gasteiger partial charge >= 0.3 is 5.97 Å². The van der Waals surface area contributed by atoms with E-state index in [1.54, 1.807) is 12.1 Å². The molecule has 0 saturated heterocycles. The Balaban J connectivity index is 0.000000484. The minimum absolute atomic E-state index is 0.259. The molecule has 0 bridgehead atoms. The number of carboxylic acids is 1. The van der Waals surface area contributed by atoms with Crippen molar-refractivity contribution < 1.29 is 9.90 Å². The maximum Gasteiger partial charge on any atom is 0.335 e. The molecule has 210 valence electrons. The molecule has 0 aliphatic rings. The SMILES string of the molecule is CN.NCc1ccc(CN)cc1.NCc1ccc(N)cc1.NCc1ccccc1.Nc1ccc(C(=O)O)cc1. The van der Waals surface area contributed by atoms with Gasteiger partial charge in [-0.25, -0.2) is 4.79 Å². The third kappa shape index (κ3) is 16.3. The first kappa shape index (κ1) is 34.8. The van der Waals surface area contributed by atoms with Gasteiger partial charge in [0, 0.05) is 37.6 Å². The molecule has 15 N–H and O–H groups in total. The molecule has 0 spiro atoms. The van der Waals surface area contributed by atoms with Gasteiger partial charge in [-0.15, -0.1) is 0 Å². The Hall–Kier alpha value is -4.25. The van der Waals surface area contributed by atoms with E-state index in [9.17, 15) is 4.79 Å². The second kappa shape index (κ2) is 21.8. The standard InChI is InChI=1S/C8H12N2.C7H10N2.C7H7NO2.C7H9N.CH5N/c9-5-7-1-2-8(6-10)4-3-7;8-5-6-1-3-7(9)4-2-6;8-6-3-1-5(2-4-6)7(9)10;8-6-7-4-2-1-3-5-7;1-2/h1-4H,5-6,9-10H2;1-4H,5,8-9H2;1-4H,8H2,(H,9,10);1-5H,6,8H2;2H2,1H3. The zero-order valence-corrected chi connectivity index (χ0v) is 22.5. The van der Waals surface area contributed by atoms with E-state index in [0.717, 1.165) is 22.4 Å². The lowest BCUT2D eigenvalue weighted by Crippen LogP contribution is -1.98. The van der Waals surface area contributed by atoms with E-state index >= 15 is 0 Å². The molecule has 0 atom stereocenters. The molecule has 0 aromatic heterocycles. The molecule has 0 aliphatic heterocycles. The van der Waals surface area contributed by atoms with Crippen LogP contribution in [0.2, 0.25) is 0 Å². The molecule has 9 nitrogen and oxygen atoms in total. The Kier molecular flexibility index (Phi) is 19.4. The van der Waals surface area contributed by atoms with Crippen LogP contribution in [0.5, 0.6) is 0 Å². The highest BCUT2D eigenvalue weighted by atomic mass is 16.4. The third-order valence-corrected chi connectivity index (χ3v) is 4.95. The molecular weight excluding hydrogens is 490 g/mol. The Morgan fingerprint density at radius 2 is 0.795 bits per heavy atom. The van der Waals surface area contributed by atoms with Crippen molar-refractivity contribution >= 4 is 17.3 Å². The Morgan fingerprint density at radius 3 is 1.08 bits per heavy atom. The van der Waals surface area contributed by atoms with E-state index in [0.29, 0.717) is 31.9 Å². The summed E-state index contributed by atoms with van der Waals surface area (Å²) in [5.74, 6) is -0.931. The van der Waals surface area contributed by atoms with Gasteiger partial charge in [-0.3, -0.25) is 0 Å². The number of nitrogen functional groups attached to an aromatic ring is 2. The first-order valence-corrected chi connectivity index (χ1v) is 12.3. The van der Waals surface area contributed by atoms with Crippen LogP contribution in [-0.4, -0.2) is 18.1 Å². The van der Waals surface area contributed by atoms with Crippen LogP contribution in [0.3, 0.4) is 0 Å². The van der Waals surface area contributed by atoms with Crippen LogP contribution in [0, 0.1) is 0 Å². The molecule has 0 amide bonds. The van der Waals surface area contributed by atoms with Gasteiger partial charge in [0.05, 0.1) is 5.56 Å². The fourth-order valence-corrected chi connectivity index (χ4v) is 2.70. The largest absolute Gasteiger partial charge is 0.478 e. The maximum atomic E-state index is 10.3. The van der Waals surface area contributed by atoms with E-state index < -0.39 is 5.97 Å². The number of carboxylic acid groups (broad SMARTS) is 1. The van der Waals surface area contributed by atoms with Crippen molar-refractivity contribution in [3.8, 4) is 0 Å². The minimum Gasteiger partial charge on any atom is -0.478 e. The quantitative estimate of drug-likeness (QED) is 0.176. The molecular formula is C30H43N7O2. The van der Waals surface area contributed by atoms with E-state index in [4.69, 9.17) is 39.5 Å². The number of hydrogen-bond donors (Lipinski definition) is 8. The van der Waals surface area contributed by atoms with Gasteiger partial charge < -0.3 is 45.2 Å². The molecule has 0 heterocycles. The number of carbonyl (C=O) groups is 1. The second-order valence-electron chi connectivity index (χ2n) is 7.79. The zero-order valence-electron chi connectivity index (χ0n) is 22.5. The highest BCUT2D eigenvalue weighted by Crippen LogP contribution is 2.05. The molecule has 0 radical (unpaired) electrons. The highest BCUT2D eigenvalue weighted by molar-refractivity contribution is 5.87. The molecule has 0 fully saturated rings. The summed E-state index contributed by atoms with van der Waals surface area (Å²) in [6, 6.07) is 31.6. The molecule has 4 aromatic rings. The van der Waals surface area contributed by atoms with Crippen molar-refractivity contribution in [2.45, 2.75) is 26.2 Å². The summed E-state index contributed by atoms with van der Waals surface area (Å²) < 4.78 is 0. The topological polar surface area (TPSA) is 219 Å². The van der Waals surface area contributed by atoms with Crippen molar-refractivity contribution in [2.24, 2.45) is 28.7 Å². The van der Waals surface area contributed by atoms with Crippen LogP contribution >= 0.6 is 0 Å². The summed E-state index contributed by atoms with van der Waals surface area (Å²) in [7, 11) is 1.50. The van der Waals surface area contributed by atoms with E-state index in [-0.39, 0.29) is 5.56 Å². The number of rotatable bonds is 5. The Morgan fingerprint density at radius 1 is 0.513 bits per heavy atom. The lowest BCUT2D eigenvalue weighted by molar-refractivity contribution is 0.0697. The molecule has 0 aliphatic carbocycles. The minimum atomic E-state index is -0.931. The first-order valence-electron chi connectivity index (χ1n) is 12.3. The predicted molar refractivity (Wildman–Crippen MR) is 163 cm³/mol. The van der Waals surface area contributed by atoms with Crippen molar-refractivity contribution in [2.75, 3.05) is 18.5 Å². The van der Waals surface area contributed by atoms with Crippen molar-refractivity contribution in [3.05, 3.63) is 131 Å². The lowest BCUT2D eigenvalue weighted by atomic mass is 10.1. The first-order chi connectivity index (χ1) is 18.8. The van der Waals surface area contributed by atoms with Gasteiger partial charge in [0.15, 0.2) is 0 Å². The molecule has 0 unspecified atom stereocenters. The van der Waals surface area contributed by atoms with E-state index in [1.807, 2.05) is 78.9 Å². The summed E-state index contributed by atoms with van der Waals surface area (Å²) in [6.07, 6.45) is 0. The third-order valence-electron chi connectivity index (χ3n) is 4.95. The number of nitrogens with two attached hydrogens (primary N) is 7. The molecule has 4 aromatic carbocycles. The van der Waals surface area contributed by atoms with Crippen LogP contribution in [0.1, 0.15) is 32.6 Å². The fourth-order valence-electron chi connectivity index (χ4n) is 2.70. The molecule has 0 saturated carbocycles. The van der Waals surface area contributed by atoms with Crippen molar-refractivity contribution in [1.29, 1.82) is 0 Å². The number of benzene rings is 4. The molecule has 4 rings (SSSR count).